The smallest absolute Gasteiger partial charge is 0.156 e. The molecule has 84 valence electrons. The Labute approximate surface area is 98.0 Å². The van der Waals surface area contributed by atoms with Gasteiger partial charge in [-0.05, 0) is 17.7 Å². The second kappa shape index (κ2) is 4.21. The molecule has 0 aliphatic heterocycles. The van der Waals surface area contributed by atoms with Crippen LogP contribution >= 0.6 is 0 Å². The van der Waals surface area contributed by atoms with E-state index in [-0.39, 0.29) is 0 Å². The summed E-state index contributed by atoms with van der Waals surface area (Å²) in [5, 5.41) is 3.22. The third kappa shape index (κ3) is 2.08. The molecule has 0 aromatic carbocycles. The molecule has 3 heterocycles. The number of aromatic amines is 1. The van der Waals surface area contributed by atoms with Crippen LogP contribution in [0.1, 0.15) is 5.56 Å². The summed E-state index contributed by atoms with van der Waals surface area (Å²) in [6.45, 7) is 0.693. The van der Waals surface area contributed by atoms with E-state index >= 15 is 0 Å². The quantitative estimate of drug-likeness (QED) is 0.715. The van der Waals surface area contributed by atoms with E-state index in [0.29, 0.717) is 6.54 Å². The number of nitrogens with one attached hydrogen (secondary N) is 2. The molecule has 0 saturated carbocycles. The van der Waals surface area contributed by atoms with Crippen LogP contribution in [0, 0.1) is 0 Å². The van der Waals surface area contributed by atoms with Crippen LogP contribution in [0.4, 0.5) is 5.82 Å². The molecular formula is C12H11N5. The van der Waals surface area contributed by atoms with Gasteiger partial charge in [0.25, 0.3) is 0 Å². The van der Waals surface area contributed by atoms with E-state index in [1.807, 2.05) is 30.6 Å². The van der Waals surface area contributed by atoms with Crippen LogP contribution in [0.2, 0.25) is 0 Å². The van der Waals surface area contributed by atoms with Crippen LogP contribution in [0.25, 0.3) is 11.2 Å². The molecule has 2 N–H and O–H groups in total. The van der Waals surface area contributed by atoms with Crippen LogP contribution in [-0.2, 0) is 6.54 Å². The summed E-state index contributed by atoms with van der Waals surface area (Å²) < 4.78 is 0. The average molecular weight is 225 g/mol. The normalized spacial score (nSPS) is 10.6. The summed E-state index contributed by atoms with van der Waals surface area (Å²) in [6, 6.07) is 5.83. The van der Waals surface area contributed by atoms with Gasteiger partial charge in [0.05, 0.1) is 6.20 Å². The van der Waals surface area contributed by atoms with Gasteiger partial charge in [0, 0.05) is 25.1 Å². The standard InChI is InChI=1S/C12H11N5/c1-2-9(6-13-4-1)7-15-11-8-16-12-10(17-11)3-5-14-12/h1-6,8H,7H2,(H,14,16)(H,15,17). The van der Waals surface area contributed by atoms with Crippen molar-refractivity contribution in [2.24, 2.45) is 0 Å². The third-order valence-corrected chi connectivity index (χ3v) is 2.46. The first-order chi connectivity index (χ1) is 8.42. The topological polar surface area (TPSA) is 66.5 Å². The van der Waals surface area contributed by atoms with Gasteiger partial charge in [-0.2, -0.15) is 0 Å². The number of pyridine rings is 1. The molecule has 5 nitrogen and oxygen atoms in total. The second-order valence-corrected chi connectivity index (χ2v) is 3.68. The molecule has 0 aliphatic carbocycles. The fourth-order valence-electron chi connectivity index (χ4n) is 1.61. The highest BCUT2D eigenvalue weighted by molar-refractivity contribution is 5.71. The Bertz CT molecular complexity index is 617. The van der Waals surface area contributed by atoms with Crippen LogP contribution in [0.15, 0.2) is 43.0 Å². The lowest BCUT2D eigenvalue weighted by atomic mass is 10.3. The molecule has 0 bridgehead atoms. The minimum atomic E-state index is 0.693. The van der Waals surface area contributed by atoms with Gasteiger partial charge in [-0.3, -0.25) is 4.98 Å². The van der Waals surface area contributed by atoms with Crippen molar-refractivity contribution < 1.29 is 0 Å². The minimum Gasteiger partial charge on any atom is -0.365 e. The molecule has 0 spiro atoms. The van der Waals surface area contributed by atoms with Gasteiger partial charge >= 0.3 is 0 Å². The summed E-state index contributed by atoms with van der Waals surface area (Å²) >= 11 is 0. The number of anilines is 1. The Hall–Kier alpha value is -2.43. The van der Waals surface area contributed by atoms with Crippen LogP contribution in [0.3, 0.4) is 0 Å². The van der Waals surface area contributed by atoms with E-state index in [1.165, 1.54) is 0 Å². The molecule has 17 heavy (non-hydrogen) atoms. The van der Waals surface area contributed by atoms with Crippen molar-refractivity contribution >= 4 is 17.0 Å². The van der Waals surface area contributed by atoms with E-state index in [1.54, 1.807) is 12.4 Å². The molecule has 3 aromatic rings. The predicted molar refractivity (Wildman–Crippen MR) is 65.5 cm³/mol. The summed E-state index contributed by atoms with van der Waals surface area (Å²) in [5.74, 6) is 0.765. The molecule has 0 radical (unpaired) electrons. The van der Waals surface area contributed by atoms with Crippen molar-refractivity contribution in [2.45, 2.75) is 6.54 Å². The first kappa shape index (κ1) is 9.77. The molecular weight excluding hydrogens is 214 g/mol. The van der Waals surface area contributed by atoms with E-state index in [2.05, 4.69) is 25.3 Å². The molecule has 0 atom stereocenters. The number of nitrogens with zero attached hydrogens (tertiary/aromatic N) is 3. The first-order valence-corrected chi connectivity index (χ1v) is 5.35. The second-order valence-electron chi connectivity index (χ2n) is 3.68. The Kier molecular flexibility index (Phi) is 2.42. The highest BCUT2D eigenvalue weighted by atomic mass is 15.0. The molecule has 3 rings (SSSR count). The molecule has 0 fully saturated rings. The van der Waals surface area contributed by atoms with Crippen LogP contribution < -0.4 is 5.32 Å². The van der Waals surface area contributed by atoms with Crippen molar-refractivity contribution in [3.05, 3.63) is 48.5 Å². The van der Waals surface area contributed by atoms with Crippen molar-refractivity contribution in [3.8, 4) is 0 Å². The lowest BCUT2D eigenvalue weighted by Crippen LogP contribution is -2.02. The fraction of sp³-hybridized carbons (Fsp3) is 0.0833. The maximum absolute atomic E-state index is 4.43. The number of fused-ring (bicyclic) bond motifs is 1. The highest BCUT2D eigenvalue weighted by Gasteiger charge is 1.99. The van der Waals surface area contributed by atoms with Crippen molar-refractivity contribution in [1.29, 1.82) is 0 Å². The zero-order chi connectivity index (χ0) is 11.5. The molecule has 0 aliphatic rings. The van der Waals surface area contributed by atoms with Crippen molar-refractivity contribution in [2.75, 3.05) is 5.32 Å². The maximum atomic E-state index is 4.43. The molecule has 0 amide bonds. The average Bonchev–Trinajstić information content (AvgIpc) is 2.85. The monoisotopic (exact) mass is 225 g/mol. The Morgan fingerprint density at radius 2 is 2.24 bits per heavy atom. The van der Waals surface area contributed by atoms with Crippen LogP contribution in [-0.4, -0.2) is 19.9 Å². The summed E-state index contributed by atoms with van der Waals surface area (Å²) in [7, 11) is 0. The summed E-state index contributed by atoms with van der Waals surface area (Å²) in [5.41, 5.74) is 2.78. The Balaban J connectivity index is 1.76. The number of H-pyrrole nitrogens is 1. The number of hydrogen-bond donors (Lipinski definition) is 2. The lowest BCUT2D eigenvalue weighted by molar-refractivity contribution is 1.08. The largest absolute Gasteiger partial charge is 0.365 e. The van der Waals surface area contributed by atoms with Gasteiger partial charge in [-0.25, -0.2) is 9.97 Å². The van der Waals surface area contributed by atoms with Gasteiger partial charge in [0.15, 0.2) is 5.65 Å². The molecule has 5 heteroatoms. The van der Waals surface area contributed by atoms with E-state index < -0.39 is 0 Å². The first-order valence-electron chi connectivity index (χ1n) is 5.35. The fourth-order valence-corrected chi connectivity index (χ4v) is 1.61. The number of aromatic nitrogens is 4. The molecule has 0 saturated heterocycles. The van der Waals surface area contributed by atoms with Gasteiger partial charge in [-0.15, -0.1) is 0 Å². The number of hydrogen-bond acceptors (Lipinski definition) is 4. The molecule has 3 aromatic heterocycles. The van der Waals surface area contributed by atoms with Crippen molar-refractivity contribution in [1.82, 2.24) is 19.9 Å². The molecule has 0 unspecified atom stereocenters. The van der Waals surface area contributed by atoms with E-state index in [9.17, 15) is 0 Å². The third-order valence-electron chi connectivity index (χ3n) is 2.46. The maximum Gasteiger partial charge on any atom is 0.156 e. The predicted octanol–water partition coefficient (Wildman–Crippen LogP) is 1.96. The van der Waals surface area contributed by atoms with Gasteiger partial charge in [0.1, 0.15) is 11.3 Å². The number of rotatable bonds is 3. The highest BCUT2D eigenvalue weighted by Crippen LogP contribution is 2.10. The van der Waals surface area contributed by atoms with Gasteiger partial charge < -0.3 is 10.3 Å². The van der Waals surface area contributed by atoms with Gasteiger partial charge in [0.2, 0.25) is 0 Å². The Morgan fingerprint density at radius 3 is 3.12 bits per heavy atom. The van der Waals surface area contributed by atoms with E-state index in [0.717, 1.165) is 22.5 Å². The SMILES string of the molecule is c1cncc(CNc2cnc3[nH]ccc3n2)c1. The van der Waals surface area contributed by atoms with Gasteiger partial charge in [-0.1, -0.05) is 6.07 Å². The van der Waals surface area contributed by atoms with E-state index in [4.69, 9.17) is 0 Å². The summed E-state index contributed by atoms with van der Waals surface area (Å²) in [6.07, 6.45) is 7.13. The van der Waals surface area contributed by atoms with Crippen molar-refractivity contribution in [3.63, 3.8) is 0 Å². The zero-order valence-corrected chi connectivity index (χ0v) is 9.09. The minimum absolute atomic E-state index is 0.693. The lowest BCUT2D eigenvalue weighted by Gasteiger charge is -2.04. The zero-order valence-electron chi connectivity index (χ0n) is 9.09. The Morgan fingerprint density at radius 1 is 1.24 bits per heavy atom. The summed E-state index contributed by atoms with van der Waals surface area (Å²) in [4.78, 5) is 15.7. The van der Waals surface area contributed by atoms with Crippen LogP contribution in [0.5, 0.6) is 0 Å².